The van der Waals surface area contributed by atoms with Gasteiger partial charge in [-0.1, -0.05) is 65.2 Å². The Hall–Kier alpha value is -2.20. The van der Waals surface area contributed by atoms with E-state index in [1.807, 2.05) is 4.90 Å². The molecule has 3 saturated carbocycles. The Morgan fingerprint density at radius 2 is 1.26 bits per heavy atom. The van der Waals surface area contributed by atoms with Gasteiger partial charge in [0.15, 0.2) is 0 Å². The Bertz CT molecular complexity index is 958. The summed E-state index contributed by atoms with van der Waals surface area (Å²) in [5.74, 6) is -0.639. The minimum Gasteiger partial charge on any atom is -0.390 e. The minimum atomic E-state index is -0.879. The summed E-state index contributed by atoms with van der Waals surface area (Å²) in [4.78, 5) is 57.1. The molecule has 3 fully saturated rings. The summed E-state index contributed by atoms with van der Waals surface area (Å²) in [6.45, 7) is 5.66. The van der Waals surface area contributed by atoms with Crippen LogP contribution in [0.15, 0.2) is 0 Å². The fourth-order valence-electron chi connectivity index (χ4n) is 8.19. The van der Waals surface area contributed by atoms with Crippen LogP contribution in [0.1, 0.15) is 123 Å². The van der Waals surface area contributed by atoms with Crippen LogP contribution in [0.25, 0.3) is 0 Å². The van der Waals surface area contributed by atoms with Gasteiger partial charge in [0.1, 0.15) is 0 Å². The lowest BCUT2D eigenvalue weighted by Crippen LogP contribution is -2.54. The van der Waals surface area contributed by atoms with Crippen LogP contribution < -0.4 is 10.7 Å². The molecule has 3 rings (SSSR count). The molecule has 0 heterocycles. The zero-order chi connectivity index (χ0) is 33.6. The predicted molar refractivity (Wildman–Crippen MR) is 181 cm³/mol. The normalized spacial score (nSPS) is 24.2. The number of nitrogens with zero attached hydrogens (tertiary/aromatic N) is 3. The van der Waals surface area contributed by atoms with Gasteiger partial charge in [0.25, 0.3) is 0 Å². The number of amides is 4. The fraction of sp³-hybridized carbons (Fsp3) is 0.889. The summed E-state index contributed by atoms with van der Waals surface area (Å²) in [7, 11) is 5.23. The standard InChI is InChI=1S/C36H65N5O5/c1-6-18-41(19-7-2)36(46)30-23-28(22-29(24-30)35(45)39(3)4)34(44)37-31(20-26-14-10-8-11-15-26)32(42)25-40(5)38-33(43)21-27-16-12-9-13-17-27/h26-32,42H,6-25H2,1-5H3,(H,37,44)(H,38,43). The van der Waals surface area contributed by atoms with Crippen LogP contribution in [0, 0.1) is 29.6 Å². The second-order valence-corrected chi connectivity index (χ2v) is 14.9. The molecule has 0 aromatic heterocycles. The molecule has 46 heavy (non-hydrogen) atoms. The second kappa shape index (κ2) is 19.6. The van der Waals surface area contributed by atoms with Crippen LogP contribution in [0.5, 0.6) is 0 Å². The first-order chi connectivity index (χ1) is 22.0. The molecule has 3 aliphatic rings. The van der Waals surface area contributed by atoms with E-state index in [1.54, 1.807) is 31.1 Å². The molecule has 264 valence electrons. The number of hydrazine groups is 1. The molecular formula is C36H65N5O5. The highest BCUT2D eigenvalue weighted by atomic mass is 16.3. The maximum absolute atomic E-state index is 14.0. The van der Waals surface area contributed by atoms with Crippen molar-refractivity contribution in [2.45, 2.75) is 135 Å². The smallest absolute Gasteiger partial charge is 0.234 e. The summed E-state index contributed by atoms with van der Waals surface area (Å²) in [5, 5.41) is 16.4. The highest BCUT2D eigenvalue weighted by Gasteiger charge is 2.41. The van der Waals surface area contributed by atoms with Crippen molar-refractivity contribution in [1.82, 2.24) is 25.6 Å². The van der Waals surface area contributed by atoms with Crippen molar-refractivity contribution in [1.29, 1.82) is 0 Å². The van der Waals surface area contributed by atoms with Crippen LogP contribution in [-0.2, 0) is 19.2 Å². The molecule has 0 saturated heterocycles. The molecule has 10 heteroatoms. The van der Waals surface area contributed by atoms with E-state index < -0.39 is 24.0 Å². The Morgan fingerprint density at radius 1 is 0.739 bits per heavy atom. The van der Waals surface area contributed by atoms with Gasteiger partial charge in [-0.15, -0.1) is 0 Å². The number of hydrogen-bond acceptors (Lipinski definition) is 6. The van der Waals surface area contributed by atoms with Crippen LogP contribution in [0.2, 0.25) is 0 Å². The van der Waals surface area contributed by atoms with Crippen molar-refractivity contribution >= 4 is 23.6 Å². The molecule has 0 aromatic carbocycles. The average molecular weight is 648 g/mol. The molecule has 0 bridgehead atoms. The van der Waals surface area contributed by atoms with Gasteiger partial charge in [-0.25, -0.2) is 5.01 Å². The third-order valence-electron chi connectivity index (χ3n) is 10.6. The van der Waals surface area contributed by atoms with Crippen molar-refractivity contribution in [3.8, 4) is 0 Å². The number of nitrogens with one attached hydrogen (secondary N) is 2. The number of hydrogen-bond donors (Lipinski definition) is 3. The van der Waals surface area contributed by atoms with E-state index in [4.69, 9.17) is 0 Å². The quantitative estimate of drug-likeness (QED) is 0.212. The third-order valence-corrected chi connectivity index (χ3v) is 10.6. The first kappa shape index (κ1) is 38.2. The zero-order valence-corrected chi connectivity index (χ0v) is 29.6. The van der Waals surface area contributed by atoms with E-state index in [0.29, 0.717) is 57.0 Å². The van der Waals surface area contributed by atoms with Crippen molar-refractivity contribution in [3.05, 3.63) is 0 Å². The molecule has 5 unspecified atom stereocenters. The number of carbonyl (C=O) groups excluding carboxylic acids is 4. The maximum atomic E-state index is 14.0. The Labute approximate surface area is 278 Å². The largest absolute Gasteiger partial charge is 0.390 e. The van der Waals surface area contributed by atoms with Crippen molar-refractivity contribution in [2.24, 2.45) is 29.6 Å². The van der Waals surface area contributed by atoms with Gasteiger partial charge in [0.2, 0.25) is 23.6 Å². The summed E-state index contributed by atoms with van der Waals surface area (Å²) in [6.07, 6.45) is 14.8. The van der Waals surface area contributed by atoms with Crippen LogP contribution in [0.4, 0.5) is 0 Å². The Balaban J connectivity index is 1.71. The van der Waals surface area contributed by atoms with Crippen molar-refractivity contribution < 1.29 is 24.3 Å². The highest BCUT2D eigenvalue weighted by Crippen LogP contribution is 2.36. The first-order valence-electron chi connectivity index (χ1n) is 18.5. The Kier molecular flexibility index (Phi) is 16.3. The van der Waals surface area contributed by atoms with E-state index in [0.717, 1.165) is 51.4 Å². The van der Waals surface area contributed by atoms with Crippen molar-refractivity contribution in [2.75, 3.05) is 40.8 Å². The summed E-state index contributed by atoms with van der Waals surface area (Å²) >= 11 is 0. The summed E-state index contributed by atoms with van der Waals surface area (Å²) in [6, 6.07) is -0.482. The Morgan fingerprint density at radius 3 is 1.80 bits per heavy atom. The van der Waals surface area contributed by atoms with Crippen LogP contribution >= 0.6 is 0 Å². The zero-order valence-electron chi connectivity index (χ0n) is 29.6. The molecule has 10 nitrogen and oxygen atoms in total. The van der Waals surface area contributed by atoms with Crippen LogP contribution in [-0.4, -0.2) is 96.5 Å². The minimum absolute atomic E-state index is 0.0239. The summed E-state index contributed by atoms with van der Waals surface area (Å²) < 4.78 is 0. The van der Waals surface area contributed by atoms with Crippen molar-refractivity contribution in [3.63, 3.8) is 0 Å². The number of rotatable bonds is 16. The lowest BCUT2D eigenvalue weighted by molar-refractivity contribution is -0.143. The molecule has 0 spiro atoms. The van der Waals surface area contributed by atoms with E-state index >= 15 is 0 Å². The van der Waals surface area contributed by atoms with E-state index in [2.05, 4.69) is 24.6 Å². The van der Waals surface area contributed by atoms with E-state index in [-0.39, 0.29) is 36.1 Å². The average Bonchev–Trinajstić information content (AvgIpc) is 3.04. The summed E-state index contributed by atoms with van der Waals surface area (Å²) in [5.41, 5.74) is 2.95. The molecule has 0 radical (unpaired) electrons. The molecule has 4 amide bonds. The molecule has 3 N–H and O–H groups in total. The van der Waals surface area contributed by atoms with Gasteiger partial charge >= 0.3 is 0 Å². The van der Waals surface area contributed by atoms with Gasteiger partial charge in [-0.05, 0) is 63.2 Å². The van der Waals surface area contributed by atoms with Gasteiger partial charge in [-0.3, -0.25) is 24.6 Å². The number of aliphatic hydroxyl groups is 1. The van der Waals surface area contributed by atoms with Gasteiger partial charge < -0.3 is 20.2 Å². The predicted octanol–water partition coefficient (Wildman–Crippen LogP) is 4.51. The molecule has 5 atom stereocenters. The SMILES string of the molecule is CCCN(CCC)C(=O)C1CC(C(=O)NC(CC2CCCCC2)C(O)CN(C)NC(=O)CC2CCCCC2)CC(C(=O)N(C)C)C1. The molecule has 0 aromatic rings. The lowest BCUT2D eigenvalue weighted by atomic mass is 9.73. The van der Waals surface area contributed by atoms with Crippen LogP contribution in [0.3, 0.4) is 0 Å². The van der Waals surface area contributed by atoms with Gasteiger partial charge in [0.05, 0.1) is 12.1 Å². The second-order valence-electron chi connectivity index (χ2n) is 14.9. The lowest BCUT2D eigenvalue weighted by Gasteiger charge is -2.38. The van der Waals surface area contributed by atoms with E-state index in [9.17, 15) is 24.3 Å². The van der Waals surface area contributed by atoms with Gasteiger partial charge in [0, 0.05) is 65.0 Å². The van der Waals surface area contributed by atoms with Gasteiger partial charge in [-0.2, -0.15) is 0 Å². The molecular weight excluding hydrogens is 582 g/mol. The third kappa shape index (κ3) is 12.1. The maximum Gasteiger partial charge on any atom is 0.234 e. The first-order valence-corrected chi connectivity index (χ1v) is 18.5. The molecule has 3 aliphatic carbocycles. The topological polar surface area (TPSA) is 122 Å². The number of carbonyl (C=O) groups is 4. The highest BCUT2D eigenvalue weighted by molar-refractivity contribution is 5.86. The molecule has 0 aliphatic heterocycles. The monoisotopic (exact) mass is 647 g/mol. The fourth-order valence-corrected chi connectivity index (χ4v) is 8.19. The number of aliphatic hydroxyl groups excluding tert-OH is 1. The van der Waals surface area contributed by atoms with E-state index in [1.165, 1.54) is 25.7 Å². The number of likely N-dealkylation sites (N-methyl/N-ethyl adjacent to an activating group) is 1.